The molecule has 1 amide bonds. The molecule has 0 saturated carbocycles. The first-order chi connectivity index (χ1) is 9.37. The van der Waals surface area contributed by atoms with E-state index in [4.69, 9.17) is 9.47 Å². The fourth-order valence-corrected chi connectivity index (χ4v) is 1.77. The maximum absolute atomic E-state index is 11.9. The van der Waals surface area contributed by atoms with Gasteiger partial charge in [-0.2, -0.15) is 0 Å². The van der Waals surface area contributed by atoms with Crippen molar-refractivity contribution in [3.05, 3.63) is 24.6 Å². The van der Waals surface area contributed by atoms with Crippen LogP contribution in [0.25, 0.3) is 0 Å². The molecule has 1 heterocycles. The maximum Gasteiger partial charge on any atom is 0.410 e. The summed E-state index contributed by atoms with van der Waals surface area (Å²) >= 11 is 0. The van der Waals surface area contributed by atoms with Crippen molar-refractivity contribution in [2.45, 2.75) is 45.3 Å². The fraction of sp³-hybridized carbons (Fsp3) is 0.600. The number of carbonyl (C=O) groups is 1. The standard InChI is InChI=1S/C15H24N2O3/c1-6-7-13(10-16-5)19-11-12-8-9-17(12)14(18)20-15(2,3)4/h6,10,12H,1,5,7-9,11H2,2-4H3. The van der Waals surface area contributed by atoms with E-state index in [2.05, 4.69) is 18.3 Å². The molecule has 0 aliphatic carbocycles. The minimum Gasteiger partial charge on any atom is -0.494 e. The van der Waals surface area contributed by atoms with Crippen LogP contribution in [0.4, 0.5) is 4.79 Å². The Bertz CT molecular complexity index is 396. The Labute approximate surface area is 121 Å². The number of likely N-dealkylation sites (tertiary alicyclic amines) is 1. The molecule has 0 aromatic heterocycles. The summed E-state index contributed by atoms with van der Waals surface area (Å²) in [7, 11) is 0. The number of ether oxygens (including phenoxy) is 2. The molecule has 112 valence electrons. The van der Waals surface area contributed by atoms with Gasteiger partial charge in [-0.1, -0.05) is 6.08 Å². The van der Waals surface area contributed by atoms with Crippen LogP contribution in [0.15, 0.2) is 29.6 Å². The number of nitrogens with zero attached hydrogens (tertiary/aromatic N) is 2. The van der Waals surface area contributed by atoms with E-state index in [1.165, 1.54) is 0 Å². The van der Waals surface area contributed by atoms with Gasteiger partial charge in [-0.3, -0.25) is 4.99 Å². The van der Waals surface area contributed by atoms with E-state index in [0.717, 1.165) is 6.42 Å². The van der Waals surface area contributed by atoms with Crippen molar-refractivity contribution in [1.82, 2.24) is 4.90 Å². The largest absolute Gasteiger partial charge is 0.494 e. The van der Waals surface area contributed by atoms with E-state index in [1.54, 1.807) is 17.2 Å². The normalized spacial score (nSPS) is 19.1. The monoisotopic (exact) mass is 280 g/mol. The number of amides is 1. The zero-order valence-electron chi connectivity index (χ0n) is 12.6. The van der Waals surface area contributed by atoms with E-state index in [0.29, 0.717) is 25.3 Å². The van der Waals surface area contributed by atoms with Gasteiger partial charge in [-0.15, -0.1) is 6.58 Å². The van der Waals surface area contributed by atoms with Gasteiger partial charge in [0.05, 0.1) is 12.2 Å². The topological polar surface area (TPSA) is 51.1 Å². The van der Waals surface area contributed by atoms with E-state index in [1.807, 2.05) is 20.8 Å². The second kappa shape index (κ2) is 7.12. The number of aliphatic imine (C=N–C) groups is 1. The van der Waals surface area contributed by atoms with Crippen molar-refractivity contribution in [2.75, 3.05) is 13.2 Å². The van der Waals surface area contributed by atoms with Crippen LogP contribution in [0.5, 0.6) is 0 Å². The molecule has 1 atom stereocenters. The highest BCUT2D eigenvalue weighted by molar-refractivity contribution is 5.69. The molecular weight excluding hydrogens is 256 g/mol. The molecule has 5 heteroatoms. The van der Waals surface area contributed by atoms with E-state index in [-0.39, 0.29) is 12.1 Å². The van der Waals surface area contributed by atoms with Crippen LogP contribution in [0.3, 0.4) is 0 Å². The first-order valence-corrected chi connectivity index (χ1v) is 6.75. The second-order valence-corrected chi connectivity index (χ2v) is 5.70. The van der Waals surface area contributed by atoms with E-state index < -0.39 is 5.60 Å². The Hall–Kier alpha value is -1.78. The summed E-state index contributed by atoms with van der Waals surface area (Å²) in [4.78, 5) is 17.3. The Kier molecular flexibility index (Phi) is 5.80. The second-order valence-electron chi connectivity index (χ2n) is 5.70. The number of carbonyl (C=O) groups excluding carboxylic acids is 1. The summed E-state index contributed by atoms with van der Waals surface area (Å²) in [6.45, 7) is 13.8. The molecule has 0 radical (unpaired) electrons. The Morgan fingerprint density at radius 3 is 2.65 bits per heavy atom. The lowest BCUT2D eigenvalue weighted by Crippen LogP contribution is -2.54. The molecule has 0 spiro atoms. The number of allylic oxidation sites excluding steroid dienone is 1. The lowest BCUT2D eigenvalue weighted by atomic mass is 10.1. The maximum atomic E-state index is 11.9. The smallest absolute Gasteiger partial charge is 0.410 e. The molecule has 20 heavy (non-hydrogen) atoms. The predicted octanol–water partition coefficient (Wildman–Crippen LogP) is 3.13. The van der Waals surface area contributed by atoms with Crippen molar-refractivity contribution in [3.8, 4) is 0 Å². The SMILES string of the molecule is C=CCC(=CN=C)OCC1CCN1C(=O)OC(C)(C)C. The van der Waals surface area contributed by atoms with Gasteiger partial charge < -0.3 is 14.4 Å². The molecule has 5 nitrogen and oxygen atoms in total. The molecule has 1 aliphatic heterocycles. The molecular formula is C15H24N2O3. The lowest BCUT2D eigenvalue weighted by molar-refractivity contribution is -0.0207. The molecule has 1 fully saturated rings. The minimum absolute atomic E-state index is 0.0582. The highest BCUT2D eigenvalue weighted by atomic mass is 16.6. The van der Waals surface area contributed by atoms with Crippen molar-refractivity contribution < 1.29 is 14.3 Å². The first-order valence-electron chi connectivity index (χ1n) is 6.75. The van der Waals surface area contributed by atoms with Crippen molar-refractivity contribution in [1.29, 1.82) is 0 Å². The predicted molar refractivity (Wildman–Crippen MR) is 79.7 cm³/mol. The zero-order valence-corrected chi connectivity index (χ0v) is 12.6. The van der Waals surface area contributed by atoms with E-state index in [9.17, 15) is 4.79 Å². The van der Waals surface area contributed by atoms with Crippen LogP contribution < -0.4 is 0 Å². The van der Waals surface area contributed by atoms with Crippen LogP contribution in [-0.2, 0) is 9.47 Å². The van der Waals surface area contributed by atoms with Crippen LogP contribution in [0.1, 0.15) is 33.6 Å². The molecule has 1 saturated heterocycles. The van der Waals surface area contributed by atoms with Crippen molar-refractivity contribution in [2.24, 2.45) is 4.99 Å². The van der Waals surface area contributed by atoms with Crippen molar-refractivity contribution in [3.63, 3.8) is 0 Å². The number of hydrogen-bond donors (Lipinski definition) is 0. The van der Waals surface area contributed by atoms with Gasteiger partial charge in [0.1, 0.15) is 18.0 Å². The quantitative estimate of drug-likeness (QED) is 0.427. The van der Waals surface area contributed by atoms with E-state index >= 15 is 0 Å². The first kappa shape index (κ1) is 16.3. The molecule has 1 aliphatic rings. The zero-order chi connectivity index (χ0) is 15.2. The third-order valence-electron chi connectivity index (χ3n) is 2.81. The molecule has 0 bridgehead atoms. The molecule has 0 N–H and O–H groups in total. The number of hydrogen-bond acceptors (Lipinski definition) is 4. The summed E-state index contributed by atoms with van der Waals surface area (Å²) in [5.74, 6) is 0.700. The molecule has 0 aromatic rings. The highest BCUT2D eigenvalue weighted by Crippen LogP contribution is 2.22. The number of rotatable bonds is 6. The van der Waals surface area contributed by atoms with Gasteiger partial charge in [-0.05, 0) is 33.9 Å². The van der Waals surface area contributed by atoms with Crippen LogP contribution in [-0.4, -0.2) is 42.5 Å². The third-order valence-corrected chi connectivity index (χ3v) is 2.81. The minimum atomic E-state index is -0.473. The highest BCUT2D eigenvalue weighted by Gasteiger charge is 2.35. The third kappa shape index (κ3) is 5.07. The lowest BCUT2D eigenvalue weighted by Gasteiger charge is -2.41. The average Bonchev–Trinajstić information content (AvgIpc) is 2.25. The van der Waals surface area contributed by atoms with Crippen LogP contribution >= 0.6 is 0 Å². The Morgan fingerprint density at radius 2 is 2.20 bits per heavy atom. The molecule has 1 unspecified atom stereocenters. The van der Waals surface area contributed by atoms with Gasteiger partial charge in [0, 0.05) is 13.0 Å². The van der Waals surface area contributed by atoms with Gasteiger partial charge >= 0.3 is 6.09 Å². The Morgan fingerprint density at radius 1 is 1.50 bits per heavy atom. The molecule has 0 aromatic carbocycles. The van der Waals surface area contributed by atoms with Gasteiger partial charge in [0.25, 0.3) is 0 Å². The summed E-state index contributed by atoms with van der Waals surface area (Å²) < 4.78 is 11.0. The summed E-state index contributed by atoms with van der Waals surface area (Å²) in [5.41, 5.74) is -0.473. The van der Waals surface area contributed by atoms with Gasteiger partial charge in [0.2, 0.25) is 0 Å². The van der Waals surface area contributed by atoms with Crippen LogP contribution in [0, 0.1) is 0 Å². The average molecular weight is 280 g/mol. The summed E-state index contributed by atoms with van der Waals surface area (Å²) in [5, 5.41) is 0. The fourth-order valence-electron chi connectivity index (χ4n) is 1.77. The van der Waals surface area contributed by atoms with Gasteiger partial charge in [-0.25, -0.2) is 4.79 Å². The van der Waals surface area contributed by atoms with Crippen LogP contribution in [0.2, 0.25) is 0 Å². The molecule has 1 rings (SSSR count). The summed E-state index contributed by atoms with van der Waals surface area (Å²) in [6, 6.07) is 0.0582. The Balaban J connectivity index is 2.45. The summed E-state index contributed by atoms with van der Waals surface area (Å²) in [6.07, 6.45) is 4.54. The van der Waals surface area contributed by atoms with Gasteiger partial charge in [0.15, 0.2) is 0 Å². The van der Waals surface area contributed by atoms with Crippen molar-refractivity contribution >= 4 is 12.8 Å².